The summed E-state index contributed by atoms with van der Waals surface area (Å²) in [5.74, 6) is 3.27. The third-order valence-electron chi connectivity index (χ3n) is 29.7. The topological polar surface area (TPSA) is 105 Å². The molecule has 0 amide bonds. The molecule has 3 aliphatic rings. The summed E-state index contributed by atoms with van der Waals surface area (Å²) in [6, 6.07) is 164. The Labute approximate surface area is 831 Å². The summed E-state index contributed by atoms with van der Waals surface area (Å²) >= 11 is 0. The zero-order chi connectivity index (χ0) is 95.1. The molecule has 0 unspecified atom stereocenters. The van der Waals surface area contributed by atoms with Crippen LogP contribution in [0.4, 0.5) is 0 Å². The Morgan fingerprint density at radius 3 is 0.958 bits per heavy atom. The Morgan fingerprint density at radius 2 is 0.490 bits per heavy atom. The summed E-state index contributed by atoms with van der Waals surface area (Å²) in [6.07, 6.45) is 0. The van der Waals surface area contributed by atoms with Gasteiger partial charge < -0.3 is 4.57 Å². The molecule has 6 aromatic heterocycles. The minimum atomic E-state index is -0.0794. The molecule has 0 saturated carbocycles. The molecule has 0 N–H and O–H groups in total. The maximum atomic E-state index is 5.33. The number of fused-ring (bicyclic) bond motifs is 19. The smallest absolute Gasteiger partial charge is 0.235 e. The van der Waals surface area contributed by atoms with Gasteiger partial charge in [0.05, 0.1) is 55.7 Å². The highest BCUT2D eigenvalue weighted by Gasteiger charge is 2.40. The maximum absolute atomic E-state index is 5.33. The highest BCUT2D eigenvalue weighted by atomic mass is 15.2. The lowest BCUT2D eigenvalue weighted by molar-refractivity contribution is 0.661. The van der Waals surface area contributed by atoms with Crippen molar-refractivity contribution >= 4 is 76.3 Å². The van der Waals surface area contributed by atoms with Gasteiger partial charge in [-0.3, -0.25) is 9.13 Å². The molecule has 28 rings (SSSR count). The fourth-order valence-electron chi connectivity index (χ4n) is 22.5. The van der Waals surface area contributed by atoms with Crippen LogP contribution in [-0.2, 0) is 16.2 Å². The second-order valence-electron chi connectivity index (χ2n) is 39.1. The number of benzene rings is 19. The van der Waals surface area contributed by atoms with Crippen LogP contribution in [0.25, 0.3) is 229 Å². The largest absolute Gasteiger partial charge is 0.309 e. The second-order valence-corrected chi connectivity index (χ2v) is 39.1. The van der Waals surface area contributed by atoms with Crippen molar-refractivity contribution in [1.82, 2.24) is 48.6 Å². The molecule has 0 aliphatic heterocycles. The fourth-order valence-corrected chi connectivity index (χ4v) is 22.5. The predicted molar refractivity (Wildman–Crippen MR) is 593 cm³/mol. The second kappa shape index (κ2) is 34.6. The van der Waals surface area contributed by atoms with E-state index in [-0.39, 0.29) is 23.7 Å². The SMILES string of the molecule is C.CC1(C)c2ccccc2-c2cc3c(cc21)c1ccccc1n3-c1cccc(-c2nc(-c3ccccc3)nc(-c3ccc(-c4ccccc4)cc3)n2)c1.CC1(C)c2ccccc2-c2cc3c(cc21)c1ccccc1n3-c1nc(-c2ccc(-c3ccccc3)cc2)c2ccccc2n1.CC1(C)c2ccccc2-c2cc3c(cc21)c1ccccc1n3-c1nc(-c2ccccc2)cc(-c2cccc(-c3ccccc3)c2)n1. The standard InChI is InChI=1S/C48H34N4.C43H31N3.C41H29N3.CH4/c1-48(2)41-22-11-9-20-37(41)39-30-44-40(29-42(39)48)38-21-10-12-23-43(38)52(44)36-19-13-18-35(28-36)47-50-45(33-16-7-4-8-17-33)49-46(51-47)34-26-24-32(25-27-34)31-14-5-3-6-15-31;1-43(2)36-22-11-9-20-32(36)34-26-41-35(25-37(34)43)33-21-10-12-23-40(33)46(41)42-44-38(29-16-7-4-8-17-29)27-39(45-42)31-19-13-18-30(24-31)28-14-5-3-6-15-28;1-41(2)34-17-9-6-14-29(34)32-25-38-33(24-35(32)41)30-15-8-11-19-37(30)44(38)40-42-36-18-10-7-16-31(36)39(43-40)28-22-20-27(21-23-28)26-12-4-3-5-13-26;/h3-30H,1-2H3;3-27H,1-2H3;3-25H,1-2H3;1H4. The first-order valence-corrected chi connectivity index (χ1v) is 48.8. The predicted octanol–water partition coefficient (Wildman–Crippen LogP) is 33.8. The first kappa shape index (κ1) is 86.6. The quantitative estimate of drug-likeness (QED) is 0.120. The Bertz CT molecular complexity index is 9340. The molecule has 6 heterocycles. The first-order valence-electron chi connectivity index (χ1n) is 48.8. The zero-order valence-electron chi connectivity index (χ0n) is 79.4. The summed E-state index contributed by atoms with van der Waals surface area (Å²) in [5, 5.41) is 8.40. The van der Waals surface area contributed by atoms with Crippen LogP contribution in [0.5, 0.6) is 0 Å². The van der Waals surface area contributed by atoms with Crippen LogP contribution in [0.1, 0.15) is 82.3 Å². The number of aromatic nitrogens is 10. The van der Waals surface area contributed by atoms with Gasteiger partial charge in [0, 0.05) is 93.0 Å². The van der Waals surface area contributed by atoms with Crippen molar-refractivity contribution in [2.45, 2.75) is 65.2 Å². The summed E-state index contributed by atoms with van der Waals surface area (Å²) < 4.78 is 6.91. The van der Waals surface area contributed by atoms with Gasteiger partial charge in [0.1, 0.15) is 0 Å². The molecule has 0 atom stereocenters. The molecular weight excluding hydrogens is 1740 g/mol. The molecule has 10 heteroatoms. The van der Waals surface area contributed by atoms with E-state index in [2.05, 4.69) is 474 Å². The summed E-state index contributed by atoms with van der Waals surface area (Å²) in [4.78, 5) is 36.3. The van der Waals surface area contributed by atoms with Gasteiger partial charge in [0.2, 0.25) is 11.9 Å². The van der Waals surface area contributed by atoms with Gasteiger partial charge in [-0.05, 0) is 185 Å². The lowest BCUT2D eigenvalue weighted by atomic mass is 9.82. The van der Waals surface area contributed by atoms with Crippen LogP contribution in [-0.4, -0.2) is 48.6 Å². The van der Waals surface area contributed by atoms with E-state index in [0.717, 1.165) is 100 Å². The van der Waals surface area contributed by atoms with Crippen LogP contribution < -0.4 is 0 Å². The highest BCUT2D eigenvalue weighted by molar-refractivity contribution is 6.15. The van der Waals surface area contributed by atoms with E-state index in [0.29, 0.717) is 29.4 Å². The van der Waals surface area contributed by atoms with Gasteiger partial charge in [-0.2, -0.15) is 0 Å². The summed E-state index contributed by atoms with van der Waals surface area (Å²) in [6.45, 7) is 14.0. The third kappa shape index (κ3) is 14.6. The monoisotopic (exact) mass is 1830 g/mol. The summed E-state index contributed by atoms with van der Waals surface area (Å²) in [5.41, 5.74) is 40.4. The van der Waals surface area contributed by atoms with Crippen molar-refractivity contribution in [1.29, 1.82) is 0 Å². The van der Waals surface area contributed by atoms with Crippen molar-refractivity contribution in [2.75, 3.05) is 0 Å². The number of hydrogen-bond donors (Lipinski definition) is 0. The van der Waals surface area contributed by atoms with Crippen molar-refractivity contribution in [3.8, 4) is 152 Å². The highest BCUT2D eigenvalue weighted by Crippen LogP contribution is 2.55. The molecule has 0 spiro atoms. The first-order chi connectivity index (χ1) is 69.7. The average Bonchev–Trinajstić information content (AvgIpc) is 1.55. The van der Waals surface area contributed by atoms with E-state index in [1.165, 1.54) is 132 Å². The minimum absolute atomic E-state index is 0. The lowest BCUT2D eigenvalue weighted by Crippen LogP contribution is -2.14. The van der Waals surface area contributed by atoms with E-state index >= 15 is 0 Å². The Kier molecular flexibility index (Phi) is 20.9. The molecule has 0 fully saturated rings. The fraction of sp³-hybridized carbons (Fsp3) is 0.0752. The molecule has 0 radical (unpaired) electrons. The van der Waals surface area contributed by atoms with E-state index in [9.17, 15) is 0 Å². The van der Waals surface area contributed by atoms with Gasteiger partial charge >= 0.3 is 0 Å². The zero-order valence-corrected chi connectivity index (χ0v) is 79.4. The lowest BCUT2D eigenvalue weighted by Gasteiger charge is -2.21. The van der Waals surface area contributed by atoms with E-state index in [1.807, 2.05) is 42.5 Å². The molecule has 10 nitrogen and oxygen atoms in total. The molecule has 19 aromatic carbocycles. The van der Waals surface area contributed by atoms with Gasteiger partial charge in [-0.25, -0.2) is 34.9 Å². The summed E-state index contributed by atoms with van der Waals surface area (Å²) in [7, 11) is 0. The van der Waals surface area contributed by atoms with Gasteiger partial charge in [-0.1, -0.05) is 425 Å². The average molecular weight is 1840 g/mol. The Balaban J connectivity index is 0.000000113. The van der Waals surface area contributed by atoms with E-state index in [1.54, 1.807) is 0 Å². The molecule has 680 valence electrons. The Hall–Kier alpha value is -18.0. The molecule has 0 saturated heterocycles. The minimum Gasteiger partial charge on any atom is -0.309 e. The van der Waals surface area contributed by atoms with E-state index < -0.39 is 0 Å². The van der Waals surface area contributed by atoms with Crippen LogP contribution >= 0.6 is 0 Å². The van der Waals surface area contributed by atoms with Crippen LogP contribution in [0.2, 0.25) is 0 Å². The number of para-hydroxylation sites is 4. The van der Waals surface area contributed by atoms with Crippen LogP contribution in [0.15, 0.2) is 461 Å². The van der Waals surface area contributed by atoms with Gasteiger partial charge in [0.25, 0.3) is 0 Å². The van der Waals surface area contributed by atoms with Crippen molar-refractivity contribution in [3.63, 3.8) is 0 Å². The number of nitrogens with zero attached hydrogens (tertiary/aromatic N) is 10. The van der Waals surface area contributed by atoms with Crippen molar-refractivity contribution < 1.29 is 0 Å². The van der Waals surface area contributed by atoms with Crippen LogP contribution in [0.3, 0.4) is 0 Å². The van der Waals surface area contributed by atoms with Crippen molar-refractivity contribution in [3.05, 3.63) is 494 Å². The molecule has 0 bridgehead atoms. The Morgan fingerprint density at radius 1 is 0.175 bits per heavy atom. The normalized spacial score (nSPS) is 13.1. The maximum Gasteiger partial charge on any atom is 0.235 e. The van der Waals surface area contributed by atoms with Gasteiger partial charge in [0.15, 0.2) is 17.5 Å². The molecular formula is C133H98N10. The van der Waals surface area contributed by atoms with E-state index in [4.69, 9.17) is 34.9 Å². The molecule has 25 aromatic rings. The molecule has 3 aliphatic carbocycles. The number of hydrogen-bond acceptors (Lipinski definition) is 7. The van der Waals surface area contributed by atoms with Crippen molar-refractivity contribution in [2.24, 2.45) is 0 Å². The number of rotatable bonds is 12. The molecule has 143 heavy (non-hydrogen) atoms. The van der Waals surface area contributed by atoms with Crippen LogP contribution in [0, 0.1) is 0 Å². The third-order valence-corrected chi connectivity index (χ3v) is 29.7. The van der Waals surface area contributed by atoms with Gasteiger partial charge in [-0.15, -0.1) is 0 Å².